The summed E-state index contributed by atoms with van der Waals surface area (Å²) in [5.74, 6) is 3.41. The predicted molar refractivity (Wildman–Crippen MR) is 141 cm³/mol. The molecule has 1 aromatic heterocycles. The Hall–Kier alpha value is -3.60. The zero-order valence-electron chi connectivity index (χ0n) is 20.5. The van der Waals surface area contributed by atoms with Crippen LogP contribution < -0.4 is 10.1 Å². The third kappa shape index (κ3) is 3.36. The van der Waals surface area contributed by atoms with Gasteiger partial charge in [0.2, 0.25) is 0 Å². The van der Waals surface area contributed by atoms with Crippen LogP contribution in [0.5, 0.6) is 5.75 Å². The molecule has 2 bridgehead atoms. The van der Waals surface area contributed by atoms with Crippen LogP contribution in [-0.2, 0) is 13.0 Å². The number of fused-ring (bicyclic) bond motifs is 9. The van der Waals surface area contributed by atoms with E-state index < -0.39 is 0 Å². The van der Waals surface area contributed by atoms with E-state index in [0.29, 0.717) is 18.6 Å². The van der Waals surface area contributed by atoms with Gasteiger partial charge in [-0.05, 0) is 77.8 Å². The highest BCUT2D eigenvalue weighted by molar-refractivity contribution is 5.92. The number of amidine groups is 1. The number of aromatic nitrogens is 2. The first kappa shape index (κ1) is 20.7. The van der Waals surface area contributed by atoms with E-state index in [-0.39, 0.29) is 6.04 Å². The van der Waals surface area contributed by atoms with E-state index in [1.807, 2.05) is 6.92 Å². The largest absolute Gasteiger partial charge is 0.486 e. The van der Waals surface area contributed by atoms with Crippen molar-refractivity contribution in [2.24, 2.45) is 10.9 Å². The molecule has 1 aliphatic carbocycles. The summed E-state index contributed by atoms with van der Waals surface area (Å²) in [4.78, 5) is 13.1. The smallest absolute Gasteiger partial charge is 0.155 e. The molecule has 35 heavy (non-hydrogen) atoms. The molecule has 7 rings (SSSR count). The topological polar surface area (TPSA) is 62.3 Å². The van der Waals surface area contributed by atoms with Gasteiger partial charge in [-0.25, -0.2) is 4.98 Å². The maximum atomic E-state index is 6.25. The Morgan fingerprint density at radius 3 is 2.63 bits per heavy atom. The molecule has 2 aliphatic heterocycles. The summed E-state index contributed by atoms with van der Waals surface area (Å²) in [6.45, 7) is 7.00. The lowest BCUT2D eigenvalue weighted by atomic mass is 9.90. The van der Waals surface area contributed by atoms with Gasteiger partial charge in [0, 0.05) is 17.5 Å². The number of nitrogens with one attached hydrogen (secondary N) is 2. The molecule has 0 amide bonds. The van der Waals surface area contributed by atoms with Crippen molar-refractivity contribution in [1.82, 2.24) is 15.3 Å². The van der Waals surface area contributed by atoms with Gasteiger partial charge in [-0.1, -0.05) is 44.2 Å². The minimum atomic E-state index is 0.279. The van der Waals surface area contributed by atoms with Gasteiger partial charge >= 0.3 is 0 Å². The second-order valence-corrected chi connectivity index (χ2v) is 10.5. The summed E-state index contributed by atoms with van der Waals surface area (Å²) in [5.41, 5.74) is 10.9. The van der Waals surface area contributed by atoms with E-state index in [1.54, 1.807) is 0 Å². The molecule has 2 unspecified atom stereocenters. The number of rotatable bonds is 2. The summed E-state index contributed by atoms with van der Waals surface area (Å²) in [5, 5.41) is 3.69. The molecule has 2 atom stereocenters. The zero-order valence-corrected chi connectivity index (χ0v) is 20.5. The van der Waals surface area contributed by atoms with Crippen LogP contribution >= 0.6 is 0 Å². The highest BCUT2D eigenvalue weighted by Gasteiger charge is 2.30. The SMILES string of the molecule is Cc1nc2c3c(ccc2[nH]1)-c1ccc(-c2ccc4c(c2)CCC2CC4N=C(C(C)C)N2)cc1CO3. The Labute approximate surface area is 205 Å². The number of hydrogen-bond acceptors (Lipinski definition) is 4. The number of benzene rings is 3. The number of aliphatic imine (C=N–C) groups is 1. The number of imidazole rings is 1. The van der Waals surface area contributed by atoms with Crippen LogP contribution in [0, 0.1) is 12.8 Å². The van der Waals surface area contributed by atoms with Crippen molar-refractivity contribution in [3.63, 3.8) is 0 Å². The van der Waals surface area contributed by atoms with Gasteiger partial charge in [0.1, 0.15) is 17.9 Å². The van der Waals surface area contributed by atoms with Crippen LogP contribution in [0.4, 0.5) is 0 Å². The summed E-state index contributed by atoms with van der Waals surface area (Å²) in [6, 6.07) is 18.9. The molecule has 5 heteroatoms. The van der Waals surface area contributed by atoms with E-state index in [0.717, 1.165) is 47.4 Å². The van der Waals surface area contributed by atoms with Gasteiger partial charge in [-0.3, -0.25) is 4.99 Å². The maximum Gasteiger partial charge on any atom is 0.155 e. The maximum absolute atomic E-state index is 6.25. The lowest BCUT2D eigenvalue weighted by Crippen LogP contribution is -2.41. The van der Waals surface area contributed by atoms with Gasteiger partial charge in [0.05, 0.1) is 17.4 Å². The molecular weight excluding hydrogens is 432 g/mol. The highest BCUT2D eigenvalue weighted by Crippen LogP contribution is 2.43. The van der Waals surface area contributed by atoms with Crippen LogP contribution in [0.3, 0.4) is 0 Å². The zero-order chi connectivity index (χ0) is 23.7. The summed E-state index contributed by atoms with van der Waals surface area (Å²) in [6.07, 6.45) is 3.36. The number of nitrogens with zero attached hydrogens (tertiary/aromatic N) is 2. The molecule has 0 fully saturated rings. The number of ether oxygens (including phenoxy) is 1. The number of H-pyrrole nitrogens is 1. The van der Waals surface area contributed by atoms with Gasteiger partial charge in [-0.2, -0.15) is 0 Å². The molecule has 0 spiro atoms. The normalized spacial score (nSPS) is 20.3. The van der Waals surface area contributed by atoms with Gasteiger partial charge in [0.15, 0.2) is 5.75 Å². The first-order valence-electron chi connectivity index (χ1n) is 12.8. The number of hydrogen-bond donors (Lipinski definition) is 2. The molecule has 0 radical (unpaired) electrons. The van der Waals surface area contributed by atoms with Crippen molar-refractivity contribution < 1.29 is 4.74 Å². The van der Waals surface area contributed by atoms with E-state index in [4.69, 9.17) is 9.73 Å². The molecule has 3 aromatic carbocycles. The van der Waals surface area contributed by atoms with E-state index >= 15 is 0 Å². The van der Waals surface area contributed by atoms with Gasteiger partial charge < -0.3 is 15.0 Å². The van der Waals surface area contributed by atoms with Gasteiger partial charge in [-0.15, -0.1) is 0 Å². The lowest BCUT2D eigenvalue weighted by molar-refractivity contribution is 0.305. The Morgan fingerprint density at radius 2 is 1.77 bits per heavy atom. The first-order chi connectivity index (χ1) is 17.0. The second-order valence-electron chi connectivity index (χ2n) is 10.5. The molecule has 4 aromatic rings. The first-order valence-corrected chi connectivity index (χ1v) is 12.8. The van der Waals surface area contributed by atoms with Crippen molar-refractivity contribution >= 4 is 16.9 Å². The van der Waals surface area contributed by atoms with Gasteiger partial charge in [0.25, 0.3) is 0 Å². The molecule has 0 saturated carbocycles. The number of aromatic amines is 1. The Bertz CT molecular complexity index is 1510. The van der Waals surface area contributed by atoms with Crippen LogP contribution in [0.25, 0.3) is 33.3 Å². The van der Waals surface area contributed by atoms with Crippen molar-refractivity contribution in [2.45, 2.75) is 58.7 Å². The lowest BCUT2D eigenvalue weighted by Gasteiger charge is -2.29. The molecular formula is C30H30N4O. The third-order valence-electron chi connectivity index (χ3n) is 7.79. The molecule has 0 saturated heterocycles. The summed E-state index contributed by atoms with van der Waals surface area (Å²) >= 11 is 0. The standard InChI is InChI=1S/C30H30N4O/c1-16(2)30-33-22-7-4-20-12-18(6-9-24(20)27(14-22)34-30)19-5-8-23-21(13-19)15-35-29-25(23)10-11-26-28(29)32-17(3)31-26/h5-6,8-13,16,22,27H,4,7,14-15H2,1-3H3,(H,31,32)(H,33,34). The summed E-state index contributed by atoms with van der Waals surface area (Å²) < 4.78 is 6.25. The average molecular weight is 463 g/mol. The number of aryl methyl sites for hydroxylation is 2. The van der Waals surface area contributed by atoms with Crippen molar-refractivity contribution in [3.05, 3.63) is 71.0 Å². The Kier molecular flexibility index (Phi) is 4.57. The second kappa shape index (κ2) is 7.70. The predicted octanol–water partition coefficient (Wildman–Crippen LogP) is 6.50. The van der Waals surface area contributed by atoms with Crippen LogP contribution in [0.15, 0.2) is 53.5 Å². The fraction of sp³-hybridized carbons (Fsp3) is 0.333. The molecule has 176 valence electrons. The minimum Gasteiger partial charge on any atom is -0.486 e. The highest BCUT2D eigenvalue weighted by atomic mass is 16.5. The molecule has 3 aliphatic rings. The van der Waals surface area contributed by atoms with Crippen molar-refractivity contribution in [1.29, 1.82) is 0 Å². The van der Waals surface area contributed by atoms with Crippen molar-refractivity contribution in [2.75, 3.05) is 0 Å². The monoisotopic (exact) mass is 462 g/mol. The Balaban J connectivity index is 1.25. The quantitative estimate of drug-likeness (QED) is 0.357. The third-order valence-corrected chi connectivity index (χ3v) is 7.79. The van der Waals surface area contributed by atoms with E-state index in [9.17, 15) is 0 Å². The fourth-order valence-electron chi connectivity index (χ4n) is 5.99. The van der Waals surface area contributed by atoms with Crippen molar-refractivity contribution in [3.8, 4) is 28.0 Å². The van der Waals surface area contributed by atoms with E-state index in [1.165, 1.54) is 39.2 Å². The molecule has 3 heterocycles. The summed E-state index contributed by atoms with van der Waals surface area (Å²) in [7, 11) is 0. The van der Waals surface area contributed by atoms with Crippen LogP contribution in [-0.4, -0.2) is 21.8 Å². The molecule has 5 nitrogen and oxygen atoms in total. The van der Waals surface area contributed by atoms with Crippen LogP contribution in [0.1, 0.15) is 55.2 Å². The van der Waals surface area contributed by atoms with Crippen LogP contribution in [0.2, 0.25) is 0 Å². The fourth-order valence-corrected chi connectivity index (χ4v) is 5.99. The van der Waals surface area contributed by atoms with E-state index in [2.05, 4.69) is 77.7 Å². The average Bonchev–Trinajstić information content (AvgIpc) is 3.21. The minimum absolute atomic E-state index is 0.279. The molecule has 2 N–H and O–H groups in total. The Morgan fingerprint density at radius 1 is 0.971 bits per heavy atom.